The van der Waals surface area contributed by atoms with Gasteiger partial charge in [-0.2, -0.15) is 0 Å². The van der Waals surface area contributed by atoms with Crippen molar-refractivity contribution in [3.63, 3.8) is 0 Å². The van der Waals surface area contributed by atoms with Gasteiger partial charge in [0.1, 0.15) is 11.6 Å². The summed E-state index contributed by atoms with van der Waals surface area (Å²) in [6, 6.07) is 12.4. The molecule has 18 heavy (non-hydrogen) atoms. The quantitative estimate of drug-likeness (QED) is 0.676. The first kappa shape index (κ1) is 12.6. The molecule has 92 valence electrons. The molecule has 0 heterocycles. The SMILES string of the molecule is O=C(CSc1ccccc1F)c1ccc(O)cc1. The lowest BCUT2D eigenvalue weighted by Gasteiger charge is -2.03. The first-order valence-corrected chi connectivity index (χ1v) is 6.35. The number of phenolic OH excluding ortho intramolecular Hbond substituents is 1. The first-order valence-electron chi connectivity index (χ1n) is 5.36. The molecule has 2 aromatic rings. The van der Waals surface area contributed by atoms with Crippen LogP contribution in [-0.2, 0) is 0 Å². The van der Waals surface area contributed by atoms with E-state index in [9.17, 15) is 9.18 Å². The highest BCUT2D eigenvalue weighted by Crippen LogP contribution is 2.22. The summed E-state index contributed by atoms with van der Waals surface area (Å²) in [6.07, 6.45) is 0. The number of rotatable bonds is 4. The van der Waals surface area contributed by atoms with Crippen LogP contribution in [0.4, 0.5) is 4.39 Å². The van der Waals surface area contributed by atoms with Crippen LogP contribution < -0.4 is 0 Å². The molecule has 0 unspecified atom stereocenters. The van der Waals surface area contributed by atoms with E-state index in [1.54, 1.807) is 30.3 Å². The van der Waals surface area contributed by atoms with Gasteiger partial charge in [-0.1, -0.05) is 12.1 Å². The minimum atomic E-state index is -0.319. The van der Waals surface area contributed by atoms with E-state index < -0.39 is 0 Å². The number of thioether (sulfide) groups is 1. The standard InChI is InChI=1S/C14H11FO2S/c15-12-3-1-2-4-14(12)18-9-13(17)10-5-7-11(16)8-6-10/h1-8,16H,9H2. The summed E-state index contributed by atoms with van der Waals surface area (Å²) in [6.45, 7) is 0. The fourth-order valence-electron chi connectivity index (χ4n) is 1.44. The van der Waals surface area contributed by atoms with E-state index in [0.717, 1.165) is 0 Å². The van der Waals surface area contributed by atoms with Gasteiger partial charge in [0.25, 0.3) is 0 Å². The third-order valence-electron chi connectivity index (χ3n) is 2.38. The van der Waals surface area contributed by atoms with E-state index in [1.165, 1.54) is 30.0 Å². The largest absolute Gasteiger partial charge is 0.508 e. The van der Waals surface area contributed by atoms with E-state index in [4.69, 9.17) is 5.11 Å². The van der Waals surface area contributed by atoms with Crippen LogP contribution in [0.25, 0.3) is 0 Å². The Bertz CT molecular complexity index is 552. The summed E-state index contributed by atoms with van der Waals surface area (Å²) >= 11 is 1.17. The van der Waals surface area contributed by atoms with Gasteiger partial charge < -0.3 is 5.11 Å². The third-order valence-corrected chi connectivity index (χ3v) is 3.43. The molecule has 1 N–H and O–H groups in total. The highest BCUT2D eigenvalue weighted by molar-refractivity contribution is 8.00. The molecule has 2 nitrogen and oxygen atoms in total. The maximum Gasteiger partial charge on any atom is 0.173 e. The zero-order valence-corrected chi connectivity index (χ0v) is 10.3. The maximum absolute atomic E-state index is 13.3. The van der Waals surface area contributed by atoms with Crippen LogP contribution in [-0.4, -0.2) is 16.6 Å². The molecular weight excluding hydrogens is 251 g/mol. The van der Waals surface area contributed by atoms with Crippen LogP contribution in [0.15, 0.2) is 53.4 Å². The first-order chi connectivity index (χ1) is 8.66. The molecule has 0 aliphatic rings. The van der Waals surface area contributed by atoms with Gasteiger partial charge in [0.15, 0.2) is 5.78 Å². The number of ketones is 1. The molecule has 0 saturated heterocycles. The van der Waals surface area contributed by atoms with Crippen LogP contribution in [0.5, 0.6) is 5.75 Å². The molecule has 0 atom stereocenters. The predicted octanol–water partition coefficient (Wildman–Crippen LogP) is 3.51. The summed E-state index contributed by atoms with van der Waals surface area (Å²) in [5.74, 6) is -0.122. The van der Waals surface area contributed by atoms with Crippen molar-refractivity contribution >= 4 is 17.5 Å². The van der Waals surface area contributed by atoms with Crippen molar-refractivity contribution in [3.05, 3.63) is 59.9 Å². The van der Waals surface area contributed by atoms with Crippen LogP contribution >= 0.6 is 11.8 Å². The number of hydrogen-bond acceptors (Lipinski definition) is 3. The number of halogens is 1. The van der Waals surface area contributed by atoms with Gasteiger partial charge in [-0.3, -0.25) is 4.79 Å². The van der Waals surface area contributed by atoms with Gasteiger partial charge in [0, 0.05) is 10.5 Å². The molecule has 0 aromatic heterocycles. The Balaban J connectivity index is 2.01. The molecule has 0 saturated carbocycles. The minimum absolute atomic E-state index is 0.0942. The molecule has 4 heteroatoms. The zero-order valence-electron chi connectivity index (χ0n) is 9.47. The van der Waals surface area contributed by atoms with Crippen LogP contribution in [0, 0.1) is 5.82 Å². The molecule has 0 aliphatic heterocycles. The number of aromatic hydroxyl groups is 1. The fraction of sp³-hybridized carbons (Fsp3) is 0.0714. The number of carbonyl (C=O) groups is 1. The van der Waals surface area contributed by atoms with Gasteiger partial charge in [-0.05, 0) is 36.4 Å². The number of hydrogen-bond donors (Lipinski definition) is 1. The minimum Gasteiger partial charge on any atom is -0.508 e. The van der Waals surface area contributed by atoms with Gasteiger partial charge >= 0.3 is 0 Å². The Morgan fingerprint density at radius 1 is 1.11 bits per heavy atom. The zero-order chi connectivity index (χ0) is 13.0. The molecule has 0 amide bonds. The molecule has 0 spiro atoms. The summed E-state index contributed by atoms with van der Waals surface area (Å²) < 4.78 is 13.3. The van der Waals surface area contributed by atoms with Gasteiger partial charge in [0.2, 0.25) is 0 Å². The molecule has 2 aromatic carbocycles. The van der Waals surface area contributed by atoms with Crippen molar-refractivity contribution in [1.29, 1.82) is 0 Å². The van der Waals surface area contributed by atoms with Crippen molar-refractivity contribution in [2.45, 2.75) is 4.90 Å². The summed E-state index contributed by atoms with van der Waals surface area (Å²) in [5, 5.41) is 9.12. The average Bonchev–Trinajstić information content (AvgIpc) is 2.38. The van der Waals surface area contributed by atoms with Gasteiger partial charge in [-0.15, -0.1) is 11.8 Å². The third kappa shape index (κ3) is 3.11. The highest BCUT2D eigenvalue weighted by atomic mass is 32.2. The van der Waals surface area contributed by atoms with Crippen LogP contribution in [0.2, 0.25) is 0 Å². The van der Waals surface area contributed by atoms with Crippen molar-refractivity contribution in [2.75, 3.05) is 5.75 Å². The second kappa shape index (κ2) is 5.69. The van der Waals surface area contributed by atoms with E-state index in [0.29, 0.717) is 10.5 Å². The van der Waals surface area contributed by atoms with E-state index >= 15 is 0 Å². The van der Waals surface area contributed by atoms with Crippen molar-refractivity contribution in [2.24, 2.45) is 0 Å². The van der Waals surface area contributed by atoms with E-state index in [-0.39, 0.29) is 23.1 Å². The van der Waals surface area contributed by atoms with Crippen LogP contribution in [0.3, 0.4) is 0 Å². The number of carbonyl (C=O) groups excluding carboxylic acids is 1. The predicted molar refractivity (Wildman–Crippen MR) is 69.6 cm³/mol. The fourth-order valence-corrected chi connectivity index (χ4v) is 2.27. The normalized spacial score (nSPS) is 10.3. The smallest absolute Gasteiger partial charge is 0.173 e. The van der Waals surface area contributed by atoms with Gasteiger partial charge in [-0.25, -0.2) is 4.39 Å². The number of phenols is 1. The lowest BCUT2D eigenvalue weighted by atomic mass is 10.1. The molecule has 0 fully saturated rings. The second-order valence-electron chi connectivity index (χ2n) is 3.69. The Kier molecular flexibility index (Phi) is 3.99. The lowest BCUT2D eigenvalue weighted by molar-refractivity contribution is 0.102. The molecule has 2 rings (SSSR count). The molecule has 0 aliphatic carbocycles. The van der Waals surface area contributed by atoms with Gasteiger partial charge in [0.05, 0.1) is 5.75 Å². The topological polar surface area (TPSA) is 37.3 Å². The summed E-state index contributed by atoms with van der Waals surface area (Å²) in [7, 11) is 0. The van der Waals surface area contributed by atoms with E-state index in [2.05, 4.69) is 0 Å². The monoisotopic (exact) mass is 262 g/mol. The lowest BCUT2D eigenvalue weighted by Crippen LogP contribution is -2.02. The average molecular weight is 262 g/mol. The highest BCUT2D eigenvalue weighted by Gasteiger charge is 2.08. The Labute approximate surface area is 108 Å². The summed E-state index contributed by atoms with van der Waals surface area (Å²) in [5.41, 5.74) is 0.511. The number of Topliss-reactive ketones (excluding diaryl/α,β-unsaturated/α-hetero) is 1. The van der Waals surface area contributed by atoms with Crippen molar-refractivity contribution in [3.8, 4) is 5.75 Å². The van der Waals surface area contributed by atoms with E-state index in [1.807, 2.05) is 0 Å². The molecule has 0 radical (unpaired) electrons. The molecular formula is C14H11FO2S. The number of benzene rings is 2. The maximum atomic E-state index is 13.3. The second-order valence-corrected chi connectivity index (χ2v) is 4.71. The Hall–Kier alpha value is -1.81. The van der Waals surface area contributed by atoms with Crippen molar-refractivity contribution < 1.29 is 14.3 Å². The van der Waals surface area contributed by atoms with Crippen molar-refractivity contribution in [1.82, 2.24) is 0 Å². The Morgan fingerprint density at radius 2 is 1.78 bits per heavy atom. The summed E-state index contributed by atoms with van der Waals surface area (Å²) in [4.78, 5) is 12.3. The molecule has 0 bridgehead atoms. The van der Waals surface area contributed by atoms with Crippen LogP contribution in [0.1, 0.15) is 10.4 Å². The Morgan fingerprint density at radius 3 is 2.44 bits per heavy atom.